The summed E-state index contributed by atoms with van der Waals surface area (Å²) in [4.78, 5) is 10.8. The van der Waals surface area contributed by atoms with E-state index in [0.29, 0.717) is 6.61 Å². The van der Waals surface area contributed by atoms with Crippen LogP contribution < -0.4 is 9.47 Å². The van der Waals surface area contributed by atoms with E-state index in [1.165, 1.54) is 0 Å². The molecule has 32 heavy (non-hydrogen) atoms. The average molecular weight is 476 g/mol. The van der Waals surface area contributed by atoms with Crippen molar-refractivity contribution in [3.63, 3.8) is 0 Å². The maximum absolute atomic E-state index is 12.4. The van der Waals surface area contributed by atoms with Gasteiger partial charge in [0.25, 0.3) is 10.1 Å². The molecule has 2 atom stereocenters. The third-order valence-electron chi connectivity index (χ3n) is 4.33. The van der Waals surface area contributed by atoms with Crippen LogP contribution in [0, 0.1) is 6.92 Å². The van der Waals surface area contributed by atoms with Crippen molar-refractivity contribution in [3.05, 3.63) is 53.6 Å². The van der Waals surface area contributed by atoms with Gasteiger partial charge in [-0.2, -0.15) is 21.6 Å². The molecule has 0 aromatic heterocycles. The minimum Gasteiger partial charge on any atom is -0.485 e. The molecule has 1 saturated heterocycles. The zero-order valence-electron chi connectivity index (χ0n) is 16.7. The fourth-order valence-corrected chi connectivity index (χ4v) is 3.41. The van der Waals surface area contributed by atoms with E-state index in [1.807, 2.05) is 6.92 Å². The van der Waals surface area contributed by atoms with Crippen molar-refractivity contribution in [2.45, 2.75) is 30.2 Å². The lowest BCUT2D eigenvalue weighted by molar-refractivity contribution is -0.147. The Morgan fingerprint density at radius 1 is 1.12 bits per heavy atom. The number of carboxylic acid groups (broad SMARTS) is 1. The number of carboxylic acids is 1. The number of carbonyl (C=O) groups is 1. The summed E-state index contributed by atoms with van der Waals surface area (Å²) in [5, 5.41) is 8.67. The monoisotopic (exact) mass is 476 g/mol. The average Bonchev–Trinajstić information content (AvgIpc) is 3.56. The lowest BCUT2D eigenvalue weighted by atomic mass is 10.2. The van der Waals surface area contributed by atoms with Crippen LogP contribution in [0.1, 0.15) is 11.1 Å². The fourth-order valence-electron chi connectivity index (χ4n) is 2.47. The van der Waals surface area contributed by atoms with E-state index in [0.717, 1.165) is 23.8 Å². The summed E-state index contributed by atoms with van der Waals surface area (Å²) in [5.74, 6) is -1.39. The topological polar surface area (TPSA) is 112 Å². The SMILES string of the molecule is Cc1ccc(S(=O)(=O)OCC2CO2)cc1.O=C(O)[C@H]1COc2ccc(C(F)(F)F)cc2O1. The second-order valence-corrected chi connectivity index (χ2v) is 8.54. The number of halogens is 3. The highest BCUT2D eigenvalue weighted by Crippen LogP contribution is 2.38. The second-order valence-electron chi connectivity index (χ2n) is 6.92. The number of alkyl halides is 3. The number of hydrogen-bond acceptors (Lipinski definition) is 7. The molecule has 0 bridgehead atoms. The molecular formula is C20H19F3O8S. The van der Waals surface area contributed by atoms with Gasteiger partial charge in [0.15, 0.2) is 11.5 Å². The van der Waals surface area contributed by atoms with Gasteiger partial charge in [0.05, 0.1) is 23.7 Å². The molecule has 2 heterocycles. The van der Waals surface area contributed by atoms with Crippen LogP contribution in [0.2, 0.25) is 0 Å². The van der Waals surface area contributed by atoms with E-state index in [9.17, 15) is 26.4 Å². The normalized spacial score (nSPS) is 19.5. The van der Waals surface area contributed by atoms with Crippen LogP contribution in [0.25, 0.3) is 0 Å². The maximum Gasteiger partial charge on any atom is 0.416 e. The first-order valence-electron chi connectivity index (χ1n) is 9.27. The van der Waals surface area contributed by atoms with Gasteiger partial charge >= 0.3 is 12.1 Å². The zero-order valence-corrected chi connectivity index (χ0v) is 17.5. The second kappa shape index (κ2) is 9.35. The molecule has 12 heteroatoms. The van der Waals surface area contributed by atoms with Crippen molar-refractivity contribution in [1.82, 2.24) is 0 Å². The molecule has 0 saturated carbocycles. The molecule has 4 rings (SSSR count). The Balaban J connectivity index is 0.000000182. The predicted octanol–water partition coefficient (Wildman–Crippen LogP) is 3.03. The van der Waals surface area contributed by atoms with Crippen molar-refractivity contribution < 1.29 is 49.9 Å². The summed E-state index contributed by atoms with van der Waals surface area (Å²) < 4.78 is 80.0. The van der Waals surface area contributed by atoms with E-state index in [4.69, 9.17) is 23.5 Å². The molecule has 0 spiro atoms. The van der Waals surface area contributed by atoms with Crippen LogP contribution in [0.5, 0.6) is 11.5 Å². The van der Waals surface area contributed by atoms with Crippen molar-refractivity contribution >= 4 is 16.1 Å². The van der Waals surface area contributed by atoms with Gasteiger partial charge in [-0.25, -0.2) is 4.79 Å². The predicted molar refractivity (Wildman–Crippen MR) is 103 cm³/mol. The highest BCUT2D eigenvalue weighted by atomic mass is 32.2. The van der Waals surface area contributed by atoms with Gasteiger partial charge in [0.2, 0.25) is 6.10 Å². The molecule has 0 amide bonds. The lowest BCUT2D eigenvalue weighted by Gasteiger charge is -2.24. The third-order valence-corrected chi connectivity index (χ3v) is 5.62. The Labute approximate surface area is 181 Å². The van der Waals surface area contributed by atoms with Gasteiger partial charge in [0.1, 0.15) is 12.7 Å². The molecule has 2 aromatic carbocycles. The van der Waals surface area contributed by atoms with Crippen LogP contribution in [-0.2, 0) is 30.0 Å². The van der Waals surface area contributed by atoms with Gasteiger partial charge in [-0.1, -0.05) is 17.7 Å². The van der Waals surface area contributed by atoms with E-state index in [1.54, 1.807) is 24.3 Å². The van der Waals surface area contributed by atoms with E-state index in [-0.39, 0.29) is 35.7 Å². The standard InChI is InChI=1S/C10H7F3O4.C10H12O4S/c11-10(12,13)5-1-2-6-7(3-5)17-8(4-16-6)9(14)15;1-8-2-4-10(5-3-8)15(11,12)14-7-9-6-13-9/h1-3,8H,4H2,(H,14,15);2-5,9H,6-7H2,1H3/t8-;/m1./s1. The summed E-state index contributed by atoms with van der Waals surface area (Å²) in [6.45, 7) is 2.36. The quantitative estimate of drug-likeness (QED) is 0.518. The number of fused-ring (bicyclic) bond motifs is 1. The Hall–Kier alpha value is -2.83. The first-order chi connectivity index (χ1) is 15.0. The molecule has 1 N–H and O–H groups in total. The zero-order chi connectivity index (χ0) is 23.5. The van der Waals surface area contributed by atoms with Gasteiger partial charge < -0.3 is 19.3 Å². The molecule has 8 nitrogen and oxygen atoms in total. The summed E-state index contributed by atoms with van der Waals surface area (Å²) in [6.07, 6.45) is -5.84. The summed E-state index contributed by atoms with van der Waals surface area (Å²) in [5.41, 5.74) is 0.102. The Morgan fingerprint density at radius 2 is 1.78 bits per heavy atom. The Kier molecular flexibility index (Phi) is 6.96. The van der Waals surface area contributed by atoms with E-state index < -0.39 is 33.9 Å². The number of benzene rings is 2. The maximum atomic E-state index is 12.4. The van der Waals surface area contributed by atoms with Gasteiger partial charge in [-0.05, 0) is 37.3 Å². The van der Waals surface area contributed by atoms with Crippen LogP contribution in [0.15, 0.2) is 47.4 Å². The van der Waals surface area contributed by atoms with Gasteiger partial charge in [-0.3, -0.25) is 4.18 Å². The van der Waals surface area contributed by atoms with Crippen molar-refractivity contribution in [3.8, 4) is 11.5 Å². The van der Waals surface area contributed by atoms with E-state index in [2.05, 4.69) is 0 Å². The Morgan fingerprint density at radius 3 is 2.34 bits per heavy atom. The third kappa shape index (κ3) is 6.34. The van der Waals surface area contributed by atoms with Crippen LogP contribution in [0.3, 0.4) is 0 Å². The molecule has 2 aliphatic heterocycles. The molecule has 2 aromatic rings. The summed E-state index contributed by atoms with van der Waals surface area (Å²) in [7, 11) is -3.61. The highest BCUT2D eigenvalue weighted by Gasteiger charge is 2.34. The number of aliphatic carboxylic acids is 1. The number of aryl methyl sites for hydroxylation is 1. The van der Waals surface area contributed by atoms with Crippen molar-refractivity contribution in [2.75, 3.05) is 19.8 Å². The minimum atomic E-state index is -4.51. The number of rotatable bonds is 5. The minimum absolute atomic E-state index is 0.0507. The van der Waals surface area contributed by atoms with Crippen LogP contribution in [0.4, 0.5) is 13.2 Å². The fraction of sp³-hybridized carbons (Fsp3) is 0.350. The first-order valence-corrected chi connectivity index (χ1v) is 10.7. The molecule has 2 aliphatic rings. The molecular weight excluding hydrogens is 457 g/mol. The molecule has 0 aliphatic carbocycles. The number of ether oxygens (including phenoxy) is 3. The largest absolute Gasteiger partial charge is 0.485 e. The Bertz CT molecular complexity index is 1060. The van der Waals surface area contributed by atoms with Crippen molar-refractivity contribution in [2.24, 2.45) is 0 Å². The number of epoxide rings is 1. The van der Waals surface area contributed by atoms with Gasteiger partial charge in [-0.15, -0.1) is 0 Å². The molecule has 174 valence electrons. The summed E-state index contributed by atoms with van der Waals surface area (Å²) >= 11 is 0. The summed E-state index contributed by atoms with van der Waals surface area (Å²) in [6, 6.07) is 9.24. The smallest absolute Gasteiger partial charge is 0.416 e. The van der Waals surface area contributed by atoms with Crippen molar-refractivity contribution in [1.29, 1.82) is 0 Å². The van der Waals surface area contributed by atoms with E-state index >= 15 is 0 Å². The highest BCUT2D eigenvalue weighted by molar-refractivity contribution is 7.86. The van der Waals surface area contributed by atoms with Gasteiger partial charge in [0, 0.05) is 0 Å². The van der Waals surface area contributed by atoms with Crippen LogP contribution in [-0.4, -0.2) is 51.5 Å². The number of hydrogen-bond donors (Lipinski definition) is 1. The molecule has 0 radical (unpaired) electrons. The lowest BCUT2D eigenvalue weighted by Crippen LogP contribution is -2.36. The molecule has 1 unspecified atom stereocenters. The van der Waals surface area contributed by atoms with Crippen LogP contribution >= 0.6 is 0 Å². The first kappa shape index (κ1) is 23.8. The molecule has 1 fully saturated rings.